The molecule has 1 aliphatic rings. The first-order valence-electron chi connectivity index (χ1n) is 18.0. The van der Waals surface area contributed by atoms with E-state index in [1.165, 1.54) is 4.90 Å². The van der Waals surface area contributed by atoms with Gasteiger partial charge in [0.05, 0.1) is 0 Å². The van der Waals surface area contributed by atoms with Crippen LogP contribution in [0.2, 0.25) is 0 Å². The van der Waals surface area contributed by atoms with Crippen LogP contribution >= 0.6 is 0 Å². The van der Waals surface area contributed by atoms with Crippen LogP contribution in [-0.2, 0) is 14.2 Å². The fourth-order valence-corrected chi connectivity index (χ4v) is 5.40. The number of carbonyl (C=O) groups is 6. The van der Waals surface area contributed by atoms with Gasteiger partial charge in [-0.2, -0.15) is 0 Å². The summed E-state index contributed by atoms with van der Waals surface area (Å²) >= 11 is 0. The molecule has 1 saturated heterocycles. The second-order valence-corrected chi connectivity index (χ2v) is 14.1. The molecule has 0 bridgehead atoms. The Morgan fingerprint density at radius 2 is 1.32 bits per heavy atom. The molecule has 0 aromatic rings. The van der Waals surface area contributed by atoms with Crippen molar-refractivity contribution < 1.29 is 43.0 Å². The van der Waals surface area contributed by atoms with E-state index in [4.69, 9.17) is 14.2 Å². The van der Waals surface area contributed by atoms with Crippen molar-refractivity contribution in [1.82, 2.24) is 36.8 Å². The number of nitrogens with one attached hydrogen (secondary N) is 6. The van der Waals surface area contributed by atoms with Gasteiger partial charge >= 0.3 is 36.4 Å². The molecule has 1 rings (SSSR count). The van der Waals surface area contributed by atoms with Crippen LogP contribution in [0.5, 0.6) is 0 Å². The highest BCUT2D eigenvalue weighted by molar-refractivity contribution is 6.01. The summed E-state index contributed by atoms with van der Waals surface area (Å²) in [7, 11) is 0. The SMILES string of the molecule is CCC(C)(CC)CCCCCNC(=O)NC(=O)NC(=O)NCCCCCCNC(=O)OCC1COC(=O)N(C(C)(C)CC)C(C)(C)OC(=O)N1. The number of imide groups is 2. The minimum atomic E-state index is -1.28. The van der Waals surface area contributed by atoms with Crippen molar-refractivity contribution in [3.05, 3.63) is 0 Å². The normalized spacial score (nSPS) is 16.3. The van der Waals surface area contributed by atoms with Gasteiger partial charge in [0.2, 0.25) is 0 Å². The highest BCUT2D eigenvalue weighted by atomic mass is 16.6. The topological polar surface area (TPSA) is 206 Å². The van der Waals surface area contributed by atoms with E-state index in [-0.39, 0.29) is 13.2 Å². The summed E-state index contributed by atoms with van der Waals surface area (Å²) in [6, 6.07) is -3.08. The minimum absolute atomic E-state index is 0.210. The van der Waals surface area contributed by atoms with Crippen LogP contribution in [-0.4, -0.2) is 91.4 Å². The van der Waals surface area contributed by atoms with Gasteiger partial charge in [0.15, 0.2) is 5.72 Å². The van der Waals surface area contributed by atoms with Crippen molar-refractivity contribution in [3.63, 3.8) is 0 Å². The number of cyclic esters (lactones) is 2. The molecule has 16 nitrogen and oxygen atoms in total. The van der Waals surface area contributed by atoms with Gasteiger partial charge in [-0.25, -0.2) is 28.8 Å². The lowest BCUT2D eigenvalue weighted by atomic mass is 9.80. The molecule has 1 heterocycles. The van der Waals surface area contributed by atoms with E-state index < -0.39 is 53.7 Å². The number of ether oxygens (including phenoxy) is 3. The molecule has 0 aliphatic carbocycles. The number of nitrogens with zero attached hydrogens (tertiary/aromatic N) is 1. The zero-order valence-corrected chi connectivity index (χ0v) is 31.5. The zero-order valence-electron chi connectivity index (χ0n) is 31.5. The molecule has 50 heavy (non-hydrogen) atoms. The molecule has 0 spiro atoms. The minimum Gasteiger partial charge on any atom is -0.447 e. The van der Waals surface area contributed by atoms with Gasteiger partial charge in [0, 0.05) is 25.2 Å². The van der Waals surface area contributed by atoms with Gasteiger partial charge in [-0.15, -0.1) is 0 Å². The van der Waals surface area contributed by atoms with Gasteiger partial charge < -0.3 is 35.5 Å². The van der Waals surface area contributed by atoms with Crippen LogP contribution in [0.15, 0.2) is 0 Å². The Hall–Kier alpha value is -3.98. The van der Waals surface area contributed by atoms with E-state index in [0.717, 1.165) is 51.4 Å². The summed E-state index contributed by atoms with van der Waals surface area (Å²) in [5, 5.41) is 14.5. The van der Waals surface area contributed by atoms with E-state index in [0.29, 0.717) is 44.3 Å². The fourth-order valence-electron chi connectivity index (χ4n) is 5.40. The first-order valence-corrected chi connectivity index (χ1v) is 18.0. The van der Waals surface area contributed by atoms with E-state index in [2.05, 4.69) is 52.7 Å². The number of amides is 9. The van der Waals surface area contributed by atoms with E-state index in [1.54, 1.807) is 13.8 Å². The lowest BCUT2D eigenvalue weighted by Gasteiger charge is -2.45. The van der Waals surface area contributed by atoms with Gasteiger partial charge in [-0.3, -0.25) is 15.5 Å². The molecule has 288 valence electrons. The van der Waals surface area contributed by atoms with E-state index in [9.17, 15) is 28.8 Å². The van der Waals surface area contributed by atoms with Gasteiger partial charge in [-0.05, 0) is 65.2 Å². The van der Waals surface area contributed by atoms with Gasteiger partial charge in [-0.1, -0.05) is 66.2 Å². The van der Waals surface area contributed by atoms with Crippen LogP contribution in [0.1, 0.15) is 126 Å². The maximum absolute atomic E-state index is 12.9. The number of urea groups is 3. The smallest absolute Gasteiger partial charge is 0.413 e. The molecule has 16 heteroatoms. The second kappa shape index (κ2) is 22.0. The Balaban J connectivity index is 2.17. The summed E-state index contributed by atoms with van der Waals surface area (Å²) < 4.78 is 16.2. The molecular weight excluding hydrogens is 650 g/mol. The molecule has 9 amide bonds. The molecule has 0 radical (unpaired) electrons. The maximum atomic E-state index is 12.9. The first kappa shape index (κ1) is 44.0. The Morgan fingerprint density at radius 3 is 1.84 bits per heavy atom. The van der Waals surface area contributed by atoms with Crippen LogP contribution in [0.3, 0.4) is 0 Å². The second-order valence-electron chi connectivity index (χ2n) is 14.1. The molecule has 0 saturated carbocycles. The predicted octanol–water partition coefficient (Wildman–Crippen LogP) is 5.85. The summed E-state index contributed by atoms with van der Waals surface area (Å²) in [6.07, 6.45) is 7.64. The van der Waals surface area contributed by atoms with Crippen molar-refractivity contribution in [3.8, 4) is 0 Å². The first-order chi connectivity index (χ1) is 23.5. The number of hydrogen-bond acceptors (Lipinski definition) is 9. The average Bonchev–Trinajstić information content (AvgIpc) is 3.08. The highest BCUT2D eigenvalue weighted by Gasteiger charge is 2.45. The van der Waals surface area contributed by atoms with Crippen LogP contribution in [0.25, 0.3) is 0 Å². The Morgan fingerprint density at radius 1 is 0.800 bits per heavy atom. The van der Waals surface area contributed by atoms with E-state index in [1.807, 2.05) is 20.8 Å². The Kier molecular flexibility index (Phi) is 19.3. The standard InChI is InChI=1S/C34H63N7O9/c1-9-32(4,5)41-31(47)49-24-25(38-30(46)50-33(41,6)7)23-48-29(45)37-22-17-13-12-16-20-35-26(42)39-28(44)40-27(43)36-21-18-14-15-19-34(8,10-2)11-3/h25H,9-24H2,1-8H3,(H,37,45)(H,38,46)(H4,35,36,39,40,42,43,44). The summed E-state index contributed by atoms with van der Waals surface area (Å²) in [4.78, 5) is 74.7. The molecule has 0 aromatic heterocycles. The van der Waals surface area contributed by atoms with Gasteiger partial charge in [0.1, 0.15) is 19.3 Å². The molecule has 1 atom stereocenters. The number of carbonyl (C=O) groups excluding carboxylic acids is 6. The lowest BCUT2D eigenvalue weighted by Crippen LogP contribution is -2.60. The van der Waals surface area contributed by atoms with Crippen molar-refractivity contribution in [2.45, 2.75) is 143 Å². The monoisotopic (exact) mass is 713 g/mol. The average molecular weight is 714 g/mol. The fraction of sp³-hybridized carbons (Fsp3) is 0.824. The van der Waals surface area contributed by atoms with Crippen LogP contribution in [0, 0.1) is 5.41 Å². The Labute approximate surface area is 297 Å². The van der Waals surface area contributed by atoms with Crippen molar-refractivity contribution in [2.75, 3.05) is 32.8 Å². The summed E-state index contributed by atoms with van der Waals surface area (Å²) in [6.45, 7) is 16.2. The summed E-state index contributed by atoms with van der Waals surface area (Å²) in [5.74, 6) is 0. The number of hydrogen-bond donors (Lipinski definition) is 6. The van der Waals surface area contributed by atoms with Crippen LogP contribution < -0.4 is 31.9 Å². The van der Waals surface area contributed by atoms with Gasteiger partial charge in [0.25, 0.3) is 0 Å². The van der Waals surface area contributed by atoms with Crippen molar-refractivity contribution in [2.24, 2.45) is 5.41 Å². The molecule has 0 aromatic carbocycles. The number of rotatable bonds is 19. The zero-order chi connectivity index (χ0) is 37.8. The largest absolute Gasteiger partial charge is 0.447 e. The quantitative estimate of drug-likeness (QED) is 0.0700. The third kappa shape index (κ3) is 17.1. The van der Waals surface area contributed by atoms with Crippen molar-refractivity contribution >= 4 is 36.4 Å². The van der Waals surface area contributed by atoms with Crippen LogP contribution in [0.4, 0.5) is 28.8 Å². The number of unbranched alkanes of at least 4 members (excludes halogenated alkanes) is 5. The summed E-state index contributed by atoms with van der Waals surface area (Å²) in [5.41, 5.74) is -1.56. The molecule has 1 aliphatic heterocycles. The predicted molar refractivity (Wildman–Crippen MR) is 188 cm³/mol. The lowest BCUT2D eigenvalue weighted by molar-refractivity contribution is -0.111. The maximum Gasteiger partial charge on any atom is 0.413 e. The number of alkyl carbamates (subject to hydrolysis) is 2. The molecule has 6 N–H and O–H groups in total. The van der Waals surface area contributed by atoms with Crippen molar-refractivity contribution in [1.29, 1.82) is 0 Å². The van der Waals surface area contributed by atoms with E-state index >= 15 is 0 Å². The Bertz CT molecular complexity index is 1110. The molecular formula is C34H63N7O9. The molecule has 1 unspecified atom stereocenters. The third-order valence-corrected chi connectivity index (χ3v) is 9.24. The highest BCUT2D eigenvalue weighted by Crippen LogP contribution is 2.32. The third-order valence-electron chi connectivity index (χ3n) is 9.24. The molecule has 1 fully saturated rings.